The summed E-state index contributed by atoms with van der Waals surface area (Å²) in [6.07, 6.45) is 1.19. The van der Waals surface area contributed by atoms with E-state index in [4.69, 9.17) is 0 Å². The van der Waals surface area contributed by atoms with Crippen LogP contribution >= 0.6 is 15.9 Å². The molecular weight excluding hydrogens is 307 g/mol. The average Bonchev–Trinajstić information content (AvgIpc) is 2.40. The summed E-state index contributed by atoms with van der Waals surface area (Å²) in [7, 11) is 0. The van der Waals surface area contributed by atoms with Crippen LogP contribution in [0.15, 0.2) is 22.7 Å². The molecule has 1 unspecified atom stereocenters. The lowest BCUT2D eigenvalue weighted by Gasteiger charge is -2.21. The first-order valence-corrected chi connectivity index (χ1v) is 7.78. The third-order valence-corrected chi connectivity index (χ3v) is 3.92. The molecule has 0 aliphatic rings. The van der Waals surface area contributed by atoms with Crippen LogP contribution in [0.25, 0.3) is 0 Å². The fourth-order valence-corrected chi connectivity index (χ4v) is 2.48. The summed E-state index contributed by atoms with van der Waals surface area (Å²) < 4.78 is 13.7. The molecule has 19 heavy (non-hydrogen) atoms. The topological polar surface area (TPSA) is 15.3 Å². The first kappa shape index (κ1) is 16.6. The fraction of sp³-hybridized carbons (Fsp3) is 0.600. The van der Waals surface area contributed by atoms with Crippen LogP contribution in [0.5, 0.6) is 0 Å². The van der Waals surface area contributed by atoms with Crippen molar-refractivity contribution >= 4 is 15.9 Å². The molecule has 1 aromatic rings. The third kappa shape index (κ3) is 5.59. The van der Waals surface area contributed by atoms with Crippen LogP contribution in [-0.4, -0.2) is 31.1 Å². The van der Waals surface area contributed by atoms with Crippen molar-refractivity contribution in [1.29, 1.82) is 0 Å². The zero-order valence-corrected chi connectivity index (χ0v) is 13.6. The Morgan fingerprint density at radius 1 is 1.32 bits per heavy atom. The van der Waals surface area contributed by atoms with E-state index < -0.39 is 0 Å². The van der Waals surface area contributed by atoms with Crippen LogP contribution < -0.4 is 5.32 Å². The van der Waals surface area contributed by atoms with E-state index in [0.29, 0.717) is 4.47 Å². The zero-order valence-electron chi connectivity index (χ0n) is 12.0. The summed E-state index contributed by atoms with van der Waals surface area (Å²) in [6, 6.07) is 5.42. The molecule has 0 saturated heterocycles. The molecular formula is C15H24BrFN2. The van der Waals surface area contributed by atoms with Crippen LogP contribution in [-0.2, 0) is 0 Å². The predicted octanol–water partition coefficient (Wildman–Crippen LogP) is 3.97. The van der Waals surface area contributed by atoms with Crippen molar-refractivity contribution in [2.45, 2.75) is 33.2 Å². The molecule has 1 aromatic carbocycles. The van der Waals surface area contributed by atoms with E-state index in [0.717, 1.165) is 31.7 Å². The van der Waals surface area contributed by atoms with Gasteiger partial charge in [0.2, 0.25) is 0 Å². The van der Waals surface area contributed by atoms with E-state index in [-0.39, 0.29) is 11.9 Å². The van der Waals surface area contributed by atoms with Gasteiger partial charge in [0.15, 0.2) is 0 Å². The maximum Gasteiger partial charge on any atom is 0.137 e. The molecule has 0 spiro atoms. The molecule has 0 fully saturated rings. The Balaban J connectivity index is 2.42. The molecule has 108 valence electrons. The molecule has 4 heteroatoms. The largest absolute Gasteiger partial charge is 0.309 e. The van der Waals surface area contributed by atoms with Crippen molar-refractivity contribution in [2.75, 3.05) is 26.2 Å². The van der Waals surface area contributed by atoms with E-state index in [1.807, 2.05) is 12.1 Å². The number of nitrogens with zero attached hydrogens (tertiary/aromatic N) is 1. The SMILES string of the molecule is CCCN(CC)CCNC(C)c1ccc(F)c(Br)c1. The Morgan fingerprint density at radius 3 is 2.63 bits per heavy atom. The Morgan fingerprint density at radius 2 is 2.05 bits per heavy atom. The van der Waals surface area contributed by atoms with Gasteiger partial charge in [0, 0.05) is 19.1 Å². The summed E-state index contributed by atoms with van der Waals surface area (Å²) in [4.78, 5) is 2.43. The molecule has 1 N–H and O–H groups in total. The number of nitrogens with one attached hydrogen (secondary N) is 1. The first-order chi connectivity index (χ1) is 9.08. The predicted molar refractivity (Wildman–Crippen MR) is 82.9 cm³/mol. The molecule has 0 saturated carbocycles. The fourth-order valence-electron chi connectivity index (χ4n) is 2.08. The van der Waals surface area contributed by atoms with Gasteiger partial charge < -0.3 is 10.2 Å². The lowest BCUT2D eigenvalue weighted by molar-refractivity contribution is 0.284. The van der Waals surface area contributed by atoms with Crippen molar-refractivity contribution in [3.05, 3.63) is 34.1 Å². The van der Waals surface area contributed by atoms with Crippen molar-refractivity contribution in [3.8, 4) is 0 Å². The zero-order chi connectivity index (χ0) is 14.3. The molecule has 1 rings (SSSR count). The lowest BCUT2D eigenvalue weighted by atomic mass is 10.1. The van der Waals surface area contributed by atoms with Gasteiger partial charge in [0.05, 0.1) is 4.47 Å². The van der Waals surface area contributed by atoms with Gasteiger partial charge in [-0.15, -0.1) is 0 Å². The van der Waals surface area contributed by atoms with Crippen molar-refractivity contribution in [1.82, 2.24) is 10.2 Å². The highest BCUT2D eigenvalue weighted by Crippen LogP contribution is 2.20. The first-order valence-electron chi connectivity index (χ1n) is 6.99. The van der Waals surface area contributed by atoms with Crippen LogP contribution in [0.2, 0.25) is 0 Å². The quantitative estimate of drug-likeness (QED) is 0.775. The van der Waals surface area contributed by atoms with E-state index >= 15 is 0 Å². The Bertz CT molecular complexity index is 384. The van der Waals surface area contributed by atoms with Crippen LogP contribution in [0, 0.1) is 5.82 Å². The molecule has 0 bridgehead atoms. The Labute approximate surface area is 124 Å². The van der Waals surface area contributed by atoms with Gasteiger partial charge in [-0.25, -0.2) is 4.39 Å². The second-order valence-electron chi connectivity index (χ2n) is 4.78. The molecule has 0 aliphatic carbocycles. The third-order valence-electron chi connectivity index (χ3n) is 3.31. The van der Waals surface area contributed by atoms with Crippen LogP contribution in [0.4, 0.5) is 4.39 Å². The molecule has 0 radical (unpaired) electrons. The lowest BCUT2D eigenvalue weighted by Crippen LogP contribution is -2.33. The summed E-state index contributed by atoms with van der Waals surface area (Å²) >= 11 is 3.23. The second-order valence-corrected chi connectivity index (χ2v) is 5.64. The van der Waals surface area contributed by atoms with E-state index in [9.17, 15) is 4.39 Å². The number of hydrogen-bond donors (Lipinski definition) is 1. The van der Waals surface area contributed by atoms with E-state index in [1.54, 1.807) is 0 Å². The van der Waals surface area contributed by atoms with Gasteiger partial charge in [-0.2, -0.15) is 0 Å². The molecule has 0 aliphatic heterocycles. The van der Waals surface area contributed by atoms with Gasteiger partial charge in [-0.3, -0.25) is 0 Å². The molecule has 2 nitrogen and oxygen atoms in total. The molecule has 0 amide bonds. The minimum atomic E-state index is -0.212. The second kappa shape index (κ2) is 8.67. The number of rotatable bonds is 8. The van der Waals surface area contributed by atoms with Crippen LogP contribution in [0.1, 0.15) is 38.8 Å². The molecule has 0 heterocycles. The Hall–Kier alpha value is -0.450. The van der Waals surface area contributed by atoms with Gasteiger partial charge in [0.1, 0.15) is 5.82 Å². The molecule has 1 atom stereocenters. The average molecular weight is 331 g/mol. The van der Waals surface area contributed by atoms with Crippen molar-refractivity contribution in [2.24, 2.45) is 0 Å². The van der Waals surface area contributed by atoms with Gasteiger partial charge in [-0.1, -0.05) is 19.9 Å². The number of likely N-dealkylation sites (N-methyl/N-ethyl adjacent to an activating group) is 1. The summed E-state index contributed by atoms with van der Waals surface area (Å²) in [5.74, 6) is -0.212. The maximum absolute atomic E-state index is 13.2. The standard InChI is InChI=1S/C15H24BrFN2/c1-4-9-19(5-2)10-8-18-12(3)13-6-7-15(17)14(16)11-13/h6-7,11-12,18H,4-5,8-10H2,1-3H3. The minimum absolute atomic E-state index is 0.212. The van der Waals surface area contributed by atoms with Gasteiger partial charge >= 0.3 is 0 Å². The van der Waals surface area contributed by atoms with E-state index in [2.05, 4.69) is 46.9 Å². The summed E-state index contributed by atoms with van der Waals surface area (Å²) in [5, 5.41) is 3.48. The summed E-state index contributed by atoms with van der Waals surface area (Å²) in [6.45, 7) is 10.7. The van der Waals surface area contributed by atoms with Crippen LogP contribution in [0.3, 0.4) is 0 Å². The smallest absolute Gasteiger partial charge is 0.137 e. The summed E-state index contributed by atoms with van der Waals surface area (Å²) in [5.41, 5.74) is 1.10. The van der Waals surface area contributed by atoms with Crippen molar-refractivity contribution in [3.63, 3.8) is 0 Å². The van der Waals surface area contributed by atoms with Gasteiger partial charge in [-0.05, 0) is 60.1 Å². The van der Waals surface area contributed by atoms with E-state index in [1.165, 1.54) is 12.5 Å². The number of benzene rings is 1. The highest BCUT2D eigenvalue weighted by Gasteiger charge is 2.08. The Kier molecular flexibility index (Phi) is 7.57. The normalized spacial score (nSPS) is 12.9. The monoisotopic (exact) mass is 330 g/mol. The number of hydrogen-bond acceptors (Lipinski definition) is 2. The highest BCUT2D eigenvalue weighted by molar-refractivity contribution is 9.10. The van der Waals surface area contributed by atoms with Gasteiger partial charge in [0.25, 0.3) is 0 Å². The molecule has 0 aromatic heterocycles. The van der Waals surface area contributed by atoms with Crippen molar-refractivity contribution < 1.29 is 4.39 Å². The number of halogens is 2. The maximum atomic E-state index is 13.2. The highest BCUT2D eigenvalue weighted by atomic mass is 79.9. The minimum Gasteiger partial charge on any atom is -0.309 e.